The molecule has 28 heavy (non-hydrogen) atoms. The van der Waals surface area contributed by atoms with Gasteiger partial charge in [-0.1, -0.05) is 29.8 Å². The second-order valence-corrected chi connectivity index (χ2v) is 6.39. The zero-order valence-corrected chi connectivity index (χ0v) is 16.9. The third-order valence-corrected chi connectivity index (χ3v) is 4.16. The molecule has 1 unspecified atom stereocenters. The van der Waals surface area contributed by atoms with E-state index in [4.69, 9.17) is 11.6 Å². The Morgan fingerprint density at radius 1 is 1.07 bits per heavy atom. The minimum Gasteiger partial charge on any atom is -0.384 e. The molecule has 6 heteroatoms. The van der Waals surface area contributed by atoms with Gasteiger partial charge in [0.25, 0.3) is 0 Å². The van der Waals surface area contributed by atoms with Crippen LogP contribution < -0.4 is 0 Å². The molecule has 1 atom stereocenters. The van der Waals surface area contributed by atoms with E-state index in [2.05, 4.69) is 10.1 Å². The van der Waals surface area contributed by atoms with Crippen molar-refractivity contribution in [2.45, 2.75) is 12.6 Å². The SMILES string of the molecule is OC(/C(=C/[C]1[CH][CH][CH][CH]1)Cn1cncn1)c1cccc(Cl)c1.[CH]1[CH][CH][CH][CH]1.[Fe+2]. The quantitative estimate of drug-likeness (QED) is 0.725. The number of benzene rings is 1. The Hall–Kier alpha value is -1.13. The van der Waals surface area contributed by atoms with Crippen molar-refractivity contribution in [2.75, 3.05) is 0 Å². The van der Waals surface area contributed by atoms with Gasteiger partial charge in [0.1, 0.15) is 18.8 Å². The summed E-state index contributed by atoms with van der Waals surface area (Å²) in [6.45, 7) is 0.457. The summed E-state index contributed by atoms with van der Waals surface area (Å²) < 4.78 is 1.68. The maximum absolute atomic E-state index is 10.7. The van der Waals surface area contributed by atoms with Gasteiger partial charge in [0.05, 0.1) is 6.54 Å². The summed E-state index contributed by atoms with van der Waals surface area (Å²) in [5.41, 5.74) is 1.57. The Morgan fingerprint density at radius 3 is 2.32 bits per heavy atom. The molecule has 4 rings (SSSR count). The Balaban J connectivity index is 0.000000408. The molecule has 0 amide bonds. The van der Waals surface area contributed by atoms with E-state index in [0.717, 1.165) is 17.1 Å². The number of halogens is 1. The molecule has 2 saturated carbocycles. The summed E-state index contributed by atoms with van der Waals surface area (Å²) >= 11 is 6.02. The van der Waals surface area contributed by atoms with Crippen LogP contribution in [0.25, 0.3) is 0 Å². The van der Waals surface area contributed by atoms with Gasteiger partial charge in [-0.3, -0.25) is 0 Å². The first kappa shape index (κ1) is 23.2. The van der Waals surface area contributed by atoms with Crippen LogP contribution in [0.3, 0.4) is 0 Å². The van der Waals surface area contributed by atoms with Crippen molar-refractivity contribution in [1.82, 2.24) is 14.8 Å². The van der Waals surface area contributed by atoms with Gasteiger partial charge in [-0.15, -0.1) is 0 Å². The molecule has 4 nitrogen and oxygen atoms in total. The van der Waals surface area contributed by atoms with Crippen molar-refractivity contribution in [3.8, 4) is 0 Å². The number of hydrogen-bond donors (Lipinski definition) is 1. The van der Waals surface area contributed by atoms with E-state index in [-0.39, 0.29) is 17.1 Å². The second kappa shape index (κ2) is 12.4. The van der Waals surface area contributed by atoms with Crippen LogP contribution in [-0.2, 0) is 23.6 Å². The molecule has 2 aliphatic rings. The summed E-state index contributed by atoms with van der Waals surface area (Å²) in [4.78, 5) is 3.94. The molecule has 2 fully saturated rings. The zero-order chi connectivity index (χ0) is 18.9. The summed E-state index contributed by atoms with van der Waals surface area (Å²) in [5.74, 6) is 1.04. The molecule has 1 aromatic heterocycles. The van der Waals surface area contributed by atoms with E-state index in [1.54, 1.807) is 23.1 Å². The molecule has 1 heterocycles. The van der Waals surface area contributed by atoms with Crippen molar-refractivity contribution in [3.63, 3.8) is 0 Å². The van der Waals surface area contributed by atoms with Crippen LogP contribution in [0.2, 0.25) is 5.02 Å². The fourth-order valence-electron chi connectivity index (χ4n) is 2.62. The van der Waals surface area contributed by atoms with E-state index >= 15 is 0 Å². The maximum atomic E-state index is 10.7. The first-order valence-electron chi connectivity index (χ1n) is 8.57. The second-order valence-electron chi connectivity index (χ2n) is 5.95. The predicted molar refractivity (Wildman–Crippen MR) is 106 cm³/mol. The van der Waals surface area contributed by atoms with Crippen LogP contribution in [0.4, 0.5) is 0 Å². The van der Waals surface area contributed by atoms with Crippen LogP contribution >= 0.6 is 11.6 Å². The van der Waals surface area contributed by atoms with Crippen molar-refractivity contribution < 1.29 is 22.2 Å². The Labute approximate surface area is 183 Å². The summed E-state index contributed by atoms with van der Waals surface area (Å²) in [6, 6.07) is 7.25. The molecular formula is C22H20ClFeN3O+2. The molecule has 10 radical (unpaired) electrons. The van der Waals surface area contributed by atoms with Gasteiger partial charge < -0.3 is 5.11 Å². The van der Waals surface area contributed by atoms with Crippen molar-refractivity contribution in [2.24, 2.45) is 0 Å². The number of nitrogens with zero attached hydrogens (tertiary/aromatic N) is 3. The van der Waals surface area contributed by atoms with Crippen LogP contribution in [0.5, 0.6) is 0 Å². The minimum absolute atomic E-state index is 0. The summed E-state index contributed by atoms with van der Waals surface area (Å²) in [5, 5.41) is 15.4. The average Bonchev–Trinajstić information content (AvgIpc) is 3.44. The first-order chi connectivity index (χ1) is 13.2. The number of aliphatic hydroxyl groups excluding tert-OH is 1. The monoisotopic (exact) mass is 433 g/mol. The molecule has 142 valence electrons. The molecule has 1 aromatic carbocycles. The Morgan fingerprint density at radius 2 is 1.75 bits per heavy atom. The predicted octanol–water partition coefficient (Wildman–Crippen LogP) is 4.02. The number of aromatic nitrogens is 3. The number of aliphatic hydroxyl groups is 1. The van der Waals surface area contributed by atoms with Gasteiger partial charge in [0, 0.05) is 10.9 Å². The van der Waals surface area contributed by atoms with E-state index in [9.17, 15) is 5.11 Å². The van der Waals surface area contributed by atoms with Crippen LogP contribution in [0.1, 0.15) is 11.7 Å². The zero-order valence-electron chi connectivity index (χ0n) is 15.0. The molecule has 2 aromatic rings. The summed E-state index contributed by atoms with van der Waals surface area (Å²) in [7, 11) is 0. The fourth-order valence-corrected chi connectivity index (χ4v) is 2.82. The topological polar surface area (TPSA) is 50.9 Å². The van der Waals surface area contributed by atoms with E-state index in [0.29, 0.717) is 11.6 Å². The van der Waals surface area contributed by atoms with Gasteiger partial charge in [-0.05, 0) is 81.1 Å². The van der Waals surface area contributed by atoms with Gasteiger partial charge in [-0.25, -0.2) is 9.67 Å². The Bertz CT molecular complexity index is 703. The van der Waals surface area contributed by atoms with Crippen LogP contribution in [0, 0.1) is 63.7 Å². The van der Waals surface area contributed by atoms with Crippen LogP contribution in [0.15, 0.2) is 48.6 Å². The van der Waals surface area contributed by atoms with E-state index in [1.165, 1.54) is 6.33 Å². The van der Waals surface area contributed by atoms with Gasteiger partial charge in [-0.2, -0.15) is 5.10 Å². The molecule has 2 aliphatic carbocycles. The largest absolute Gasteiger partial charge is 2.00 e. The third-order valence-electron chi connectivity index (χ3n) is 3.92. The van der Waals surface area contributed by atoms with Gasteiger partial charge >= 0.3 is 17.1 Å². The molecule has 0 saturated heterocycles. The summed E-state index contributed by atoms with van der Waals surface area (Å²) in [6.07, 6.45) is 22.2. The smallest absolute Gasteiger partial charge is 0.384 e. The minimum atomic E-state index is -0.752. The number of hydrogen-bond acceptors (Lipinski definition) is 3. The average molecular weight is 434 g/mol. The maximum Gasteiger partial charge on any atom is 2.00 e. The number of allylic oxidation sites excluding steroid dienone is 1. The molecular weight excluding hydrogens is 414 g/mol. The molecule has 0 spiro atoms. The van der Waals surface area contributed by atoms with Crippen molar-refractivity contribution >= 4 is 11.6 Å². The normalized spacial score (nSPS) is 18.3. The van der Waals surface area contributed by atoms with Crippen molar-refractivity contribution in [3.05, 3.63) is 123 Å². The third kappa shape index (κ3) is 7.36. The van der Waals surface area contributed by atoms with E-state index < -0.39 is 6.10 Å². The van der Waals surface area contributed by atoms with Crippen LogP contribution in [-0.4, -0.2) is 19.9 Å². The number of rotatable bonds is 5. The molecule has 0 bridgehead atoms. The first-order valence-corrected chi connectivity index (χ1v) is 8.95. The van der Waals surface area contributed by atoms with Crippen molar-refractivity contribution in [1.29, 1.82) is 0 Å². The standard InChI is InChI=1S/C17H15ClN3O.C5H5.Fe/c18-16-7-3-6-14(9-16)17(22)15(8-13-4-1-2-5-13)10-21-12-19-11-20-21;1-2-4-5-3-1;/h1-9,11-12,17,22H,10H2;1-5H;/q;;+2/b15-8+;;. The molecule has 0 aliphatic heterocycles. The molecule has 1 N–H and O–H groups in total. The van der Waals surface area contributed by atoms with E-state index in [1.807, 2.05) is 76.0 Å². The fraction of sp³-hybridized carbons (Fsp3) is 0.0909. The van der Waals surface area contributed by atoms with Gasteiger partial charge in [0.15, 0.2) is 0 Å². The Kier molecular flexibility index (Phi) is 10.3. The van der Waals surface area contributed by atoms with Gasteiger partial charge in [0.2, 0.25) is 0 Å².